The molecule has 2 saturated carbocycles. The Labute approximate surface area is 149 Å². The quantitative estimate of drug-likeness (QED) is 0.855. The van der Waals surface area contributed by atoms with Crippen LogP contribution in [0.2, 0.25) is 5.02 Å². The zero-order valence-electron chi connectivity index (χ0n) is 14.2. The highest BCUT2D eigenvalue weighted by molar-refractivity contribution is 6.30. The van der Waals surface area contributed by atoms with Crippen molar-refractivity contribution < 1.29 is 9.53 Å². The van der Waals surface area contributed by atoms with Crippen LogP contribution in [0.15, 0.2) is 24.3 Å². The van der Waals surface area contributed by atoms with E-state index < -0.39 is 0 Å². The van der Waals surface area contributed by atoms with Crippen molar-refractivity contribution in [3.05, 3.63) is 29.3 Å². The minimum Gasteiger partial charge on any atom is -0.489 e. The van der Waals surface area contributed by atoms with E-state index in [0.29, 0.717) is 29.4 Å². The number of amides is 1. The summed E-state index contributed by atoms with van der Waals surface area (Å²) in [5, 5.41) is 3.70. The molecule has 132 valence electrons. The molecule has 2 aliphatic rings. The van der Waals surface area contributed by atoms with Crippen LogP contribution in [0.25, 0.3) is 0 Å². The highest BCUT2D eigenvalue weighted by Gasteiger charge is 2.40. The molecule has 1 amide bonds. The summed E-state index contributed by atoms with van der Waals surface area (Å²) in [6.45, 7) is 2.45. The van der Waals surface area contributed by atoms with Crippen LogP contribution >= 0.6 is 11.6 Å². The zero-order valence-corrected chi connectivity index (χ0v) is 15.0. The van der Waals surface area contributed by atoms with Gasteiger partial charge >= 0.3 is 0 Å². The number of benzene rings is 1. The SMILES string of the molecule is CC(CNC(=O)C1CC2CCCC(C1)C2N)Oc1cccc(Cl)c1. The predicted octanol–water partition coefficient (Wildman–Crippen LogP) is 3.38. The Balaban J connectivity index is 1.47. The fraction of sp³-hybridized carbons (Fsp3) is 0.632. The average Bonchev–Trinajstić information content (AvgIpc) is 2.52. The lowest BCUT2D eigenvalue weighted by molar-refractivity contribution is -0.128. The Morgan fingerprint density at radius 1 is 1.38 bits per heavy atom. The van der Waals surface area contributed by atoms with Crippen LogP contribution in [0.5, 0.6) is 5.75 Å². The Morgan fingerprint density at radius 3 is 2.75 bits per heavy atom. The summed E-state index contributed by atoms with van der Waals surface area (Å²) < 4.78 is 5.81. The molecule has 0 aliphatic heterocycles. The van der Waals surface area contributed by atoms with E-state index in [1.807, 2.05) is 25.1 Å². The molecule has 2 aliphatic carbocycles. The maximum atomic E-state index is 12.5. The minimum absolute atomic E-state index is 0.0993. The van der Waals surface area contributed by atoms with Crippen LogP contribution < -0.4 is 15.8 Å². The maximum Gasteiger partial charge on any atom is 0.223 e. The number of carbonyl (C=O) groups is 1. The lowest BCUT2D eigenvalue weighted by Gasteiger charge is -2.43. The third-order valence-electron chi connectivity index (χ3n) is 5.48. The summed E-state index contributed by atoms with van der Waals surface area (Å²) in [5.74, 6) is 2.03. The Bertz CT molecular complexity index is 566. The summed E-state index contributed by atoms with van der Waals surface area (Å²) >= 11 is 5.96. The van der Waals surface area contributed by atoms with Crippen molar-refractivity contribution in [3.8, 4) is 5.75 Å². The highest BCUT2D eigenvalue weighted by Crippen LogP contribution is 2.41. The monoisotopic (exact) mass is 350 g/mol. The van der Waals surface area contributed by atoms with Crippen molar-refractivity contribution in [2.24, 2.45) is 23.5 Å². The molecule has 3 unspecified atom stereocenters. The van der Waals surface area contributed by atoms with Gasteiger partial charge in [0.1, 0.15) is 11.9 Å². The number of ether oxygens (including phenoxy) is 1. The number of hydrogen-bond acceptors (Lipinski definition) is 3. The van der Waals surface area contributed by atoms with Gasteiger partial charge in [-0.25, -0.2) is 0 Å². The summed E-state index contributed by atoms with van der Waals surface area (Å²) in [6, 6.07) is 7.61. The molecule has 3 N–H and O–H groups in total. The van der Waals surface area contributed by atoms with Gasteiger partial charge in [-0.1, -0.05) is 24.1 Å². The summed E-state index contributed by atoms with van der Waals surface area (Å²) in [7, 11) is 0. The second kappa shape index (κ2) is 7.75. The molecule has 2 fully saturated rings. The molecule has 3 atom stereocenters. The average molecular weight is 351 g/mol. The van der Waals surface area contributed by atoms with Crippen LogP contribution in [0.4, 0.5) is 0 Å². The molecule has 4 nitrogen and oxygen atoms in total. The molecule has 0 saturated heterocycles. The third kappa shape index (κ3) is 4.22. The molecule has 0 radical (unpaired) electrons. The first-order valence-electron chi connectivity index (χ1n) is 8.98. The number of nitrogens with two attached hydrogens (primary N) is 1. The van der Waals surface area contributed by atoms with Crippen LogP contribution in [-0.4, -0.2) is 24.6 Å². The van der Waals surface area contributed by atoms with E-state index in [-0.39, 0.29) is 17.9 Å². The molecule has 0 aromatic heterocycles. The fourth-order valence-corrected chi connectivity index (χ4v) is 4.39. The third-order valence-corrected chi connectivity index (χ3v) is 5.72. The summed E-state index contributed by atoms with van der Waals surface area (Å²) in [5.41, 5.74) is 6.30. The number of carbonyl (C=O) groups excluding carboxylic acids is 1. The molecule has 1 aromatic carbocycles. The topological polar surface area (TPSA) is 64.4 Å². The molecule has 0 spiro atoms. The van der Waals surface area contributed by atoms with E-state index in [2.05, 4.69) is 5.32 Å². The number of hydrogen-bond donors (Lipinski definition) is 2. The molecule has 5 heteroatoms. The zero-order chi connectivity index (χ0) is 17.1. The van der Waals surface area contributed by atoms with Gasteiger partial charge in [-0.05, 0) is 62.6 Å². The van der Waals surface area contributed by atoms with Gasteiger partial charge < -0.3 is 15.8 Å². The number of halogens is 1. The van der Waals surface area contributed by atoms with Crippen LogP contribution in [0.1, 0.15) is 39.0 Å². The lowest BCUT2D eigenvalue weighted by atomic mass is 9.65. The largest absolute Gasteiger partial charge is 0.489 e. The Hall–Kier alpha value is -1.26. The van der Waals surface area contributed by atoms with Crippen LogP contribution in [0.3, 0.4) is 0 Å². The number of fused-ring (bicyclic) bond motifs is 2. The van der Waals surface area contributed by atoms with Crippen molar-refractivity contribution in [2.45, 2.75) is 51.2 Å². The first-order chi connectivity index (χ1) is 11.5. The number of rotatable bonds is 5. The lowest BCUT2D eigenvalue weighted by Crippen LogP contribution is -2.49. The smallest absolute Gasteiger partial charge is 0.223 e. The first kappa shape index (κ1) is 17.6. The maximum absolute atomic E-state index is 12.5. The highest BCUT2D eigenvalue weighted by atomic mass is 35.5. The van der Waals surface area contributed by atoms with Crippen LogP contribution in [-0.2, 0) is 4.79 Å². The molecular formula is C19H27ClN2O2. The second-order valence-electron chi connectivity index (χ2n) is 7.33. The molecule has 1 aromatic rings. The fourth-order valence-electron chi connectivity index (χ4n) is 4.21. The van der Waals surface area contributed by atoms with Crippen LogP contribution in [0, 0.1) is 17.8 Å². The second-order valence-corrected chi connectivity index (χ2v) is 7.76. The van der Waals surface area contributed by atoms with Crippen molar-refractivity contribution >= 4 is 17.5 Å². The Morgan fingerprint density at radius 2 is 2.08 bits per heavy atom. The van der Waals surface area contributed by atoms with E-state index in [9.17, 15) is 4.79 Å². The number of nitrogens with one attached hydrogen (secondary N) is 1. The van der Waals surface area contributed by atoms with Crippen molar-refractivity contribution in [1.82, 2.24) is 5.32 Å². The van der Waals surface area contributed by atoms with Gasteiger partial charge in [-0.2, -0.15) is 0 Å². The van der Waals surface area contributed by atoms with Gasteiger partial charge in [0.15, 0.2) is 0 Å². The summed E-state index contributed by atoms with van der Waals surface area (Å²) in [6.07, 6.45) is 5.39. The minimum atomic E-state index is -0.0993. The van der Waals surface area contributed by atoms with E-state index in [1.54, 1.807) is 6.07 Å². The van der Waals surface area contributed by atoms with Gasteiger partial charge in [0, 0.05) is 17.0 Å². The molecular weight excluding hydrogens is 324 g/mol. The van der Waals surface area contributed by atoms with Crippen molar-refractivity contribution in [3.63, 3.8) is 0 Å². The first-order valence-corrected chi connectivity index (χ1v) is 9.36. The molecule has 3 rings (SSSR count). The Kier molecular flexibility index (Phi) is 5.67. The van der Waals surface area contributed by atoms with E-state index in [0.717, 1.165) is 18.6 Å². The van der Waals surface area contributed by atoms with Gasteiger partial charge in [0.05, 0.1) is 6.54 Å². The van der Waals surface area contributed by atoms with E-state index in [4.69, 9.17) is 22.1 Å². The standard InChI is InChI=1S/C19H27ClN2O2/c1-12(24-17-7-3-6-16(20)10-17)11-22-19(23)15-8-13-4-2-5-14(9-15)18(13)21/h3,6-7,10,12-15,18H,2,4-5,8-9,11,21H2,1H3,(H,22,23). The van der Waals surface area contributed by atoms with E-state index >= 15 is 0 Å². The normalized spacial score (nSPS) is 30.5. The van der Waals surface area contributed by atoms with E-state index in [1.165, 1.54) is 19.3 Å². The molecule has 24 heavy (non-hydrogen) atoms. The molecule has 2 bridgehead atoms. The molecule has 0 heterocycles. The predicted molar refractivity (Wildman–Crippen MR) is 96.1 cm³/mol. The van der Waals surface area contributed by atoms with Crippen molar-refractivity contribution in [2.75, 3.05) is 6.54 Å². The summed E-state index contributed by atoms with van der Waals surface area (Å²) in [4.78, 5) is 12.5. The van der Waals surface area contributed by atoms with Gasteiger partial charge in [-0.3, -0.25) is 4.79 Å². The van der Waals surface area contributed by atoms with Crippen molar-refractivity contribution in [1.29, 1.82) is 0 Å². The van der Waals surface area contributed by atoms with Gasteiger partial charge in [-0.15, -0.1) is 0 Å². The van der Waals surface area contributed by atoms with Gasteiger partial charge in [0.25, 0.3) is 0 Å². The van der Waals surface area contributed by atoms with Gasteiger partial charge in [0.2, 0.25) is 5.91 Å².